The lowest BCUT2D eigenvalue weighted by atomic mass is 10.1. The van der Waals surface area contributed by atoms with E-state index in [9.17, 15) is 9.59 Å². The Morgan fingerprint density at radius 1 is 0.840 bits per heavy atom. The van der Waals surface area contributed by atoms with Crippen LogP contribution in [0.4, 0.5) is 0 Å². The van der Waals surface area contributed by atoms with Crippen LogP contribution in [0.15, 0.2) is 0 Å². The number of hydrogen-bond acceptors (Lipinski definition) is 4. The molecule has 3 aliphatic rings. The van der Waals surface area contributed by atoms with Crippen LogP contribution in [0.2, 0.25) is 0 Å². The topological polar surface area (TPSA) is 55.9 Å². The highest BCUT2D eigenvalue weighted by atomic mass is 35.5. The minimum Gasteiger partial charge on any atom is -0.342 e. The van der Waals surface area contributed by atoms with Gasteiger partial charge >= 0.3 is 0 Å². The molecule has 0 spiro atoms. The van der Waals surface area contributed by atoms with Crippen LogP contribution < -0.4 is 5.32 Å². The van der Waals surface area contributed by atoms with E-state index in [0.717, 1.165) is 71.6 Å². The van der Waals surface area contributed by atoms with Crippen LogP contribution in [0.5, 0.6) is 0 Å². The number of rotatable bonds is 3. The lowest BCUT2D eigenvalue weighted by molar-refractivity contribution is -0.137. The van der Waals surface area contributed by atoms with Gasteiger partial charge in [0.05, 0.1) is 12.5 Å². The number of amides is 2. The van der Waals surface area contributed by atoms with Gasteiger partial charge in [0.1, 0.15) is 0 Å². The van der Waals surface area contributed by atoms with Gasteiger partial charge in [-0.25, -0.2) is 0 Å². The first-order valence-corrected chi connectivity index (χ1v) is 9.23. The number of nitrogens with zero attached hydrogens (tertiary/aromatic N) is 3. The number of likely N-dealkylation sites (tertiary alicyclic amines) is 1. The molecule has 146 valence electrons. The molecule has 0 radical (unpaired) electrons. The fourth-order valence-electron chi connectivity index (χ4n) is 3.86. The number of hydrogen-bond donors (Lipinski definition) is 1. The van der Waals surface area contributed by atoms with Crippen molar-refractivity contribution in [3.05, 3.63) is 0 Å². The van der Waals surface area contributed by atoms with Crippen LogP contribution in [0.1, 0.15) is 32.1 Å². The maximum atomic E-state index is 12.4. The molecule has 3 heterocycles. The van der Waals surface area contributed by atoms with Gasteiger partial charge in [0.25, 0.3) is 0 Å². The smallest absolute Gasteiger partial charge is 0.236 e. The molecule has 0 saturated carbocycles. The summed E-state index contributed by atoms with van der Waals surface area (Å²) >= 11 is 0. The van der Waals surface area contributed by atoms with E-state index >= 15 is 0 Å². The summed E-state index contributed by atoms with van der Waals surface area (Å²) in [6.45, 7) is 7.33. The summed E-state index contributed by atoms with van der Waals surface area (Å²) in [6, 6.07) is 0. The molecule has 3 aliphatic heterocycles. The Morgan fingerprint density at radius 3 is 2.04 bits per heavy atom. The van der Waals surface area contributed by atoms with Crippen LogP contribution in [-0.4, -0.2) is 85.4 Å². The molecule has 3 saturated heterocycles. The van der Waals surface area contributed by atoms with Crippen molar-refractivity contribution in [2.75, 3.05) is 58.9 Å². The summed E-state index contributed by atoms with van der Waals surface area (Å²) < 4.78 is 0. The van der Waals surface area contributed by atoms with E-state index in [-0.39, 0.29) is 36.6 Å². The Hall–Kier alpha value is -0.560. The van der Waals surface area contributed by atoms with Gasteiger partial charge in [-0.3, -0.25) is 14.5 Å². The number of carbonyl (C=O) groups is 2. The standard InChI is InChI=1S/C17H30N4O2.2ClH/c22-16(20-7-3-1-2-4-8-20)14-19-9-11-21(12-10-19)17(23)15-5-6-18-13-15;;/h15,18H,1-14H2;2*1H. The predicted octanol–water partition coefficient (Wildman–Crippen LogP) is 0.986. The number of carbonyl (C=O) groups excluding carboxylic acids is 2. The minimum atomic E-state index is 0. The van der Waals surface area contributed by atoms with Crippen LogP contribution in [0.25, 0.3) is 0 Å². The highest BCUT2D eigenvalue weighted by Gasteiger charge is 2.30. The van der Waals surface area contributed by atoms with Crippen LogP contribution in [0.3, 0.4) is 0 Å². The average molecular weight is 395 g/mol. The Kier molecular flexibility index (Phi) is 10.1. The monoisotopic (exact) mass is 394 g/mol. The van der Waals surface area contributed by atoms with Crippen LogP contribution >= 0.6 is 24.8 Å². The van der Waals surface area contributed by atoms with Crippen molar-refractivity contribution in [2.24, 2.45) is 5.92 Å². The van der Waals surface area contributed by atoms with Crippen molar-refractivity contribution in [2.45, 2.75) is 32.1 Å². The second-order valence-corrected chi connectivity index (χ2v) is 7.09. The molecule has 0 aromatic heterocycles. The molecule has 0 aliphatic carbocycles. The van der Waals surface area contributed by atoms with Gasteiger partial charge < -0.3 is 15.1 Å². The number of halogens is 2. The van der Waals surface area contributed by atoms with Crippen molar-refractivity contribution in [3.8, 4) is 0 Å². The number of nitrogens with one attached hydrogen (secondary N) is 1. The maximum absolute atomic E-state index is 12.4. The van der Waals surface area contributed by atoms with Gasteiger partial charge in [-0.15, -0.1) is 24.8 Å². The molecule has 0 bridgehead atoms. The van der Waals surface area contributed by atoms with E-state index in [4.69, 9.17) is 0 Å². The van der Waals surface area contributed by atoms with E-state index < -0.39 is 0 Å². The molecular formula is C17H32Cl2N4O2. The van der Waals surface area contributed by atoms with Gasteiger partial charge in [-0.1, -0.05) is 12.8 Å². The van der Waals surface area contributed by atoms with Crippen molar-refractivity contribution in [3.63, 3.8) is 0 Å². The average Bonchev–Trinajstić information content (AvgIpc) is 2.97. The SMILES string of the molecule is Cl.Cl.O=C(CN1CCN(C(=O)C2CCNC2)CC1)N1CCCCCC1. The fourth-order valence-corrected chi connectivity index (χ4v) is 3.86. The van der Waals surface area contributed by atoms with E-state index in [1.54, 1.807) is 0 Å². The molecule has 0 aromatic carbocycles. The largest absolute Gasteiger partial charge is 0.342 e. The first-order chi connectivity index (χ1) is 11.2. The van der Waals surface area contributed by atoms with Gasteiger partial charge in [0, 0.05) is 45.8 Å². The Morgan fingerprint density at radius 2 is 1.48 bits per heavy atom. The third-order valence-electron chi connectivity index (χ3n) is 5.41. The Labute approximate surface area is 163 Å². The zero-order valence-corrected chi connectivity index (χ0v) is 16.6. The lowest BCUT2D eigenvalue weighted by Gasteiger charge is -2.36. The quantitative estimate of drug-likeness (QED) is 0.775. The van der Waals surface area contributed by atoms with Crippen LogP contribution in [0, 0.1) is 5.92 Å². The summed E-state index contributed by atoms with van der Waals surface area (Å²) in [4.78, 5) is 31.1. The third kappa shape index (κ3) is 6.27. The molecule has 25 heavy (non-hydrogen) atoms. The van der Waals surface area contributed by atoms with E-state index in [2.05, 4.69) is 10.2 Å². The zero-order chi connectivity index (χ0) is 16.1. The predicted molar refractivity (Wildman–Crippen MR) is 104 cm³/mol. The molecule has 8 heteroatoms. The third-order valence-corrected chi connectivity index (χ3v) is 5.41. The number of piperazine rings is 1. The lowest BCUT2D eigenvalue weighted by Crippen LogP contribution is -2.53. The first-order valence-electron chi connectivity index (χ1n) is 9.23. The second kappa shape index (κ2) is 11.2. The van der Waals surface area contributed by atoms with Gasteiger partial charge in [0.15, 0.2) is 0 Å². The van der Waals surface area contributed by atoms with E-state index in [0.29, 0.717) is 12.5 Å². The van der Waals surface area contributed by atoms with Gasteiger partial charge in [-0.05, 0) is 25.8 Å². The van der Waals surface area contributed by atoms with E-state index in [1.807, 2.05) is 9.80 Å². The Balaban J connectivity index is 0.00000156. The summed E-state index contributed by atoms with van der Waals surface area (Å²) in [6.07, 6.45) is 5.75. The highest BCUT2D eigenvalue weighted by Crippen LogP contribution is 2.14. The molecule has 0 aromatic rings. The van der Waals surface area contributed by atoms with Crippen molar-refractivity contribution in [1.82, 2.24) is 20.0 Å². The summed E-state index contributed by atoms with van der Waals surface area (Å²) in [7, 11) is 0. The normalized spacial score (nSPS) is 24.9. The van der Waals surface area contributed by atoms with E-state index in [1.165, 1.54) is 12.8 Å². The molecule has 3 rings (SSSR count). The zero-order valence-electron chi connectivity index (χ0n) is 15.0. The van der Waals surface area contributed by atoms with Crippen molar-refractivity contribution >= 4 is 36.6 Å². The van der Waals surface area contributed by atoms with Crippen LogP contribution in [-0.2, 0) is 9.59 Å². The molecule has 1 atom stereocenters. The van der Waals surface area contributed by atoms with Crippen molar-refractivity contribution < 1.29 is 9.59 Å². The summed E-state index contributed by atoms with van der Waals surface area (Å²) in [5.74, 6) is 0.737. The minimum absolute atomic E-state index is 0. The van der Waals surface area contributed by atoms with Gasteiger partial charge in [-0.2, -0.15) is 0 Å². The van der Waals surface area contributed by atoms with Crippen molar-refractivity contribution in [1.29, 1.82) is 0 Å². The Bertz CT molecular complexity index is 417. The molecule has 1 unspecified atom stereocenters. The van der Waals surface area contributed by atoms with Gasteiger partial charge in [0.2, 0.25) is 11.8 Å². The summed E-state index contributed by atoms with van der Waals surface area (Å²) in [5, 5.41) is 3.26. The molecular weight excluding hydrogens is 363 g/mol. The molecule has 1 N–H and O–H groups in total. The highest BCUT2D eigenvalue weighted by molar-refractivity contribution is 5.85. The summed E-state index contributed by atoms with van der Waals surface area (Å²) in [5.41, 5.74) is 0. The fraction of sp³-hybridized carbons (Fsp3) is 0.882. The molecule has 3 fully saturated rings. The maximum Gasteiger partial charge on any atom is 0.236 e. The second-order valence-electron chi connectivity index (χ2n) is 7.09. The molecule has 6 nitrogen and oxygen atoms in total. The molecule has 2 amide bonds. The first kappa shape index (κ1) is 22.5.